The number of fused-ring (bicyclic) bond motifs is 1. The molecule has 2 heterocycles. The van der Waals surface area contributed by atoms with Crippen molar-refractivity contribution in [3.05, 3.63) is 41.5 Å². The Hall–Kier alpha value is -2.34. The van der Waals surface area contributed by atoms with Crippen LogP contribution in [0.1, 0.15) is 29.6 Å². The number of benzene rings is 1. The third-order valence-corrected chi connectivity index (χ3v) is 4.41. The van der Waals surface area contributed by atoms with Crippen molar-refractivity contribution < 1.29 is 4.79 Å². The van der Waals surface area contributed by atoms with Gasteiger partial charge in [-0.2, -0.15) is 5.10 Å². The summed E-state index contributed by atoms with van der Waals surface area (Å²) in [5.41, 5.74) is 7.28. The standard InChI is InChI=1S/C15H16N4OS/c1-9(2)19-8-10(7-17-19)18-15(20)14-13(16)11-5-3-4-6-12(11)21-14/h3-9H,16H2,1-2H3,(H,18,20). The number of amides is 1. The molecule has 1 amide bonds. The molecule has 1 aromatic carbocycles. The van der Waals surface area contributed by atoms with Crippen LogP contribution in [0.2, 0.25) is 0 Å². The number of aromatic nitrogens is 2. The highest BCUT2D eigenvalue weighted by Gasteiger charge is 2.16. The molecule has 0 spiro atoms. The van der Waals surface area contributed by atoms with E-state index in [0.29, 0.717) is 16.3 Å². The average Bonchev–Trinajstić information content (AvgIpc) is 3.05. The Morgan fingerprint density at radius 1 is 1.38 bits per heavy atom. The first-order chi connectivity index (χ1) is 10.1. The maximum atomic E-state index is 12.4. The first kappa shape index (κ1) is 13.6. The summed E-state index contributed by atoms with van der Waals surface area (Å²) in [6.07, 6.45) is 3.45. The molecule has 0 radical (unpaired) electrons. The van der Waals surface area contributed by atoms with Crippen molar-refractivity contribution in [1.82, 2.24) is 9.78 Å². The second-order valence-corrected chi connectivity index (χ2v) is 6.15. The molecular weight excluding hydrogens is 284 g/mol. The summed E-state index contributed by atoms with van der Waals surface area (Å²) >= 11 is 1.40. The normalized spacial score (nSPS) is 11.2. The van der Waals surface area contributed by atoms with Gasteiger partial charge in [0.05, 0.1) is 17.6 Å². The lowest BCUT2D eigenvalue weighted by Crippen LogP contribution is -2.11. The summed E-state index contributed by atoms with van der Waals surface area (Å²) in [5.74, 6) is -0.197. The third kappa shape index (κ3) is 2.50. The molecule has 5 nitrogen and oxygen atoms in total. The first-order valence-electron chi connectivity index (χ1n) is 6.69. The molecule has 0 aliphatic rings. The Balaban J connectivity index is 1.88. The van der Waals surface area contributed by atoms with Crippen molar-refractivity contribution in [2.75, 3.05) is 11.1 Å². The molecular formula is C15H16N4OS. The fourth-order valence-corrected chi connectivity index (χ4v) is 3.13. The van der Waals surface area contributed by atoms with E-state index >= 15 is 0 Å². The van der Waals surface area contributed by atoms with Crippen LogP contribution in [0.5, 0.6) is 0 Å². The van der Waals surface area contributed by atoms with Gasteiger partial charge in [0.25, 0.3) is 5.91 Å². The van der Waals surface area contributed by atoms with E-state index in [9.17, 15) is 4.79 Å². The molecule has 2 aromatic heterocycles. The molecule has 108 valence electrons. The van der Waals surface area contributed by atoms with Gasteiger partial charge in [-0.3, -0.25) is 9.48 Å². The minimum atomic E-state index is -0.197. The largest absolute Gasteiger partial charge is 0.397 e. The van der Waals surface area contributed by atoms with Crippen LogP contribution >= 0.6 is 11.3 Å². The van der Waals surface area contributed by atoms with E-state index in [-0.39, 0.29) is 11.9 Å². The van der Waals surface area contributed by atoms with Crippen molar-refractivity contribution in [3.8, 4) is 0 Å². The first-order valence-corrected chi connectivity index (χ1v) is 7.50. The molecule has 21 heavy (non-hydrogen) atoms. The van der Waals surface area contributed by atoms with E-state index in [0.717, 1.165) is 10.1 Å². The maximum Gasteiger partial charge on any atom is 0.267 e. The lowest BCUT2D eigenvalue weighted by molar-refractivity contribution is 0.103. The predicted octanol–water partition coefficient (Wildman–Crippen LogP) is 3.51. The molecule has 0 saturated carbocycles. The Morgan fingerprint density at radius 2 is 2.14 bits per heavy atom. The molecule has 0 atom stereocenters. The topological polar surface area (TPSA) is 72.9 Å². The van der Waals surface area contributed by atoms with Gasteiger partial charge < -0.3 is 11.1 Å². The Kier molecular flexibility index (Phi) is 3.39. The molecule has 0 aliphatic heterocycles. The molecule has 0 bridgehead atoms. The van der Waals surface area contributed by atoms with Gasteiger partial charge in [0.15, 0.2) is 0 Å². The van der Waals surface area contributed by atoms with E-state index in [2.05, 4.69) is 10.4 Å². The van der Waals surface area contributed by atoms with Gasteiger partial charge in [-0.15, -0.1) is 11.3 Å². The lowest BCUT2D eigenvalue weighted by atomic mass is 10.2. The van der Waals surface area contributed by atoms with E-state index in [1.54, 1.807) is 10.9 Å². The van der Waals surface area contributed by atoms with Crippen LogP contribution < -0.4 is 11.1 Å². The van der Waals surface area contributed by atoms with Crippen molar-refractivity contribution in [1.29, 1.82) is 0 Å². The number of nitrogens with one attached hydrogen (secondary N) is 1. The molecule has 3 N–H and O–H groups in total. The minimum absolute atomic E-state index is 0.197. The van der Waals surface area contributed by atoms with Gasteiger partial charge in [-0.25, -0.2) is 0 Å². The van der Waals surface area contributed by atoms with Crippen molar-refractivity contribution >= 4 is 38.7 Å². The number of thiophene rings is 1. The Morgan fingerprint density at radius 3 is 2.81 bits per heavy atom. The lowest BCUT2D eigenvalue weighted by Gasteiger charge is -2.03. The van der Waals surface area contributed by atoms with Gasteiger partial charge in [-0.05, 0) is 19.9 Å². The van der Waals surface area contributed by atoms with Gasteiger partial charge >= 0.3 is 0 Å². The van der Waals surface area contributed by atoms with Gasteiger partial charge in [-0.1, -0.05) is 18.2 Å². The number of carbonyl (C=O) groups excluding carboxylic acids is 1. The van der Waals surface area contributed by atoms with Crippen molar-refractivity contribution in [2.45, 2.75) is 19.9 Å². The van der Waals surface area contributed by atoms with E-state index in [1.165, 1.54) is 11.3 Å². The molecule has 0 unspecified atom stereocenters. The number of anilines is 2. The van der Waals surface area contributed by atoms with E-state index in [4.69, 9.17) is 5.73 Å². The number of nitrogens with zero attached hydrogens (tertiary/aromatic N) is 2. The SMILES string of the molecule is CC(C)n1cc(NC(=O)c2sc3ccccc3c2N)cn1. The van der Waals surface area contributed by atoms with Crippen LogP contribution in [-0.4, -0.2) is 15.7 Å². The number of hydrogen-bond acceptors (Lipinski definition) is 4. The summed E-state index contributed by atoms with van der Waals surface area (Å²) in [6, 6.07) is 8.00. The molecule has 3 rings (SSSR count). The fourth-order valence-electron chi connectivity index (χ4n) is 2.11. The average molecular weight is 300 g/mol. The Bertz CT molecular complexity index is 803. The zero-order valence-electron chi connectivity index (χ0n) is 11.8. The monoisotopic (exact) mass is 300 g/mol. The highest BCUT2D eigenvalue weighted by molar-refractivity contribution is 7.21. The summed E-state index contributed by atoms with van der Waals surface area (Å²) in [5, 5.41) is 7.97. The summed E-state index contributed by atoms with van der Waals surface area (Å²) in [4.78, 5) is 12.9. The second kappa shape index (κ2) is 5.21. The zero-order chi connectivity index (χ0) is 15.0. The van der Waals surface area contributed by atoms with Gasteiger partial charge in [0.1, 0.15) is 4.88 Å². The minimum Gasteiger partial charge on any atom is -0.397 e. The quantitative estimate of drug-likeness (QED) is 0.777. The highest BCUT2D eigenvalue weighted by Crippen LogP contribution is 2.33. The second-order valence-electron chi connectivity index (χ2n) is 5.10. The highest BCUT2D eigenvalue weighted by atomic mass is 32.1. The van der Waals surface area contributed by atoms with Gasteiger partial charge in [0.2, 0.25) is 0 Å². The van der Waals surface area contributed by atoms with Crippen LogP contribution in [0.25, 0.3) is 10.1 Å². The van der Waals surface area contributed by atoms with Crippen LogP contribution in [-0.2, 0) is 0 Å². The van der Waals surface area contributed by atoms with Crippen molar-refractivity contribution in [3.63, 3.8) is 0 Å². The number of nitrogens with two attached hydrogens (primary N) is 1. The third-order valence-electron chi connectivity index (χ3n) is 3.23. The maximum absolute atomic E-state index is 12.4. The van der Waals surface area contributed by atoms with Crippen LogP contribution in [0.4, 0.5) is 11.4 Å². The molecule has 3 aromatic rings. The molecule has 6 heteroatoms. The smallest absolute Gasteiger partial charge is 0.267 e. The zero-order valence-corrected chi connectivity index (χ0v) is 12.6. The fraction of sp³-hybridized carbons (Fsp3) is 0.200. The molecule has 0 saturated heterocycles. The van der Waals surface area contributed by atoms with Crippen LogP contribution in [0.15, 0.2) is 36.7 Å². The summed E-state index contributed by atoms with van der Waals surface area (Å²) in [7, 11) is 0. The Labute approximate surface area is 126 Å². The molecule has 0 aliphatic carbocycles. The van der Waals surface area contributed by atoms with Crippen LogP contribution in [0.3, 0.4) is 0 Å². The van der Waals surface area contributed by atoms with Crippen LogP contribution in [0, 0.1) is 0 Å². The number of rotatable bonds is 3. The summed E-state index contributed by atoms with van der Waals surface area (Å²) in [6.45, 7) is 4.06. The number of nitrogen functional groups attached to an aromatic ring is 1. The van der Waals surface area contributed by atoms with Gasteiger partial charge in [0, 0.05) is 22.3 Å². The predicted molar refractivity (Wildman–Crippen MR) is 86.8 cm³/mol. The number of carbonyl (C=O) groups is 1. The van der Waals surface area contributed by atoms with E-state index in [1.807, 2.05) is 44.3 Å². The summed E-state index contributed by atoms with van der Waals surface area (Å²) < 4.78 is 2.81. The molecule has 0 fully saturated rings. The van der Waals surface area contributed by atoms with Crippen molar-refractivity contribution in [2.24, 2.45) is 0 Å². The number of hydrogen-bond donors (Lipinski definition) is 2. The van der Waals surface area contributed by atoms with E-state index < -0.39 is 0 Å².